The van der Waals surface area contributed by atoms with Gasteiger partial charge in [0, 0.05) is 22.7 Å². The molecule has 0 unspecified atom stereocenters. The number of anilines is 1. The van der Waals surface area contributed by atoms with E-state index < -0.39 is 11.6 Å². The summed E-state index contributed by atoms with van der Waals surface area (Å²) in [5, 5.41) is 13.8. The monoisotopic (exact) mass is 301 g/mol. The zero-order valence-electron chi connectivity index (χ0n) is 11.6. The van der Waals surface area contributed by atoms with Gasteiger partial charge in [0.15, 0.2) is 5.78 Å². The highest BCUT2D eigenvalue weighted by molar-refractivity contribution is 6.30. The molecule has 0 aliphatic carbocycles. The van der Waals surface area contributed by atoms with Crippen LogP contribution in [0.2, 0.25) is 5.02 Å². The lowest BCUT2D eigenvalue weighted by atomic mass is 9.81. The molecular formula is C17H16ClNO2. The van der Waals surface area contributed by atoms with Gasteiger partial charge in [-0.1, -0.05) is 35.9 Å². The number of rotatable bonds is 3. The molecule has 0 aromatic heterocycles. The second kappa shape index (κ2) is 5.17. The number of Topliss-reactive ketones (excluding diaryl/α,β-unsaturated/α-hetero) is 1. The van der Waals surface area contributed by atoms with Crippen LogP contribution in [0.5, 0.6) is 0 Å². The third-order valence-corrected chi connectivity index (χ3v) is 4.10. The van der Waals surface area contributed by atoms with Crippen molar-refractivity contribution >= 4 is 23.1 Å². The maximum absolute atomic E-state index is 12.9. The van der Waals surface area contributed by atoms with Gasteiger partial charge in [-0.25, -0.2) is 0 Å². The van der Waals surface area contributed by atoms with Crippen LogP contribution in [0, 0.1) is 0 Å². The summed E-state index contributed by atoms with van der Waals surface area (Å²) in [6.07, 6.45) is -0.297. The van der Waals surface area contributed by atoms with Crippen molar-refractivity contribution in [2.45, 2.75) is 25.0 Å². The Labute approximate surface area is 128 Å². The van der Waals surface area contributed by atoms with Crippen LogP contribution in [0.1, 0.15) is 29.3 Å². The van der Waals surface area contributed by atoms with Crippen LogP contribution in [0.15, 0.2) is 48.5 Å². The maximum Gasteiger partial charge on any atom is 0.194 e. The van der Waals surface area contributed by atoms with E-state index in [1.807, 2.05) is 36.4 Å². The molecule has 1 heterocycles. The molecule has 2 N–H and O–H groups in total. The number of hydrogen-bond acceptors (Lipinski definition) is 3. The van der Waals surface area contributed by atoms with Crippen LogP contribution in [0.4, 0.5) is 5.69 Å². The van der Waals surface area contributed by atoms with Gasteiger partial charge in [0.05, 0.1) is 6.10 Å². The summed E-state index contributed by atoms with van der Waals surface area (Å²) >= 11 is 5.94. The number of fused-ring (bicyclic) bond motifs is 1. The molecule has 2 aromatic rings. The Kier molecular flexibility index (Phi) is 3.47. The minimum Gasteiger partial charge on any atom is -0.393 e. The highest BCUT2D eigenvalue weighted by atomic mass is 35.5. The Morgan fingerprint density at radius 3 is 2.48 bits per heavy atom. The van der Waals surface area contributed by atoms with E-state index in [1.54, 1.807) is 19.1 Å². The first kappa shape index (κ1) is 14.1. The number of hydrogen-bond donors (Lipinski definition) is 2. The number of halogens is 1. The lowest BCUT2D eigenvalue weighted by Crippen LogP contribution is -2.41. The van der Waals surface area contributed by atoms with E-state index in [0.29, 0.717) is 17.0 Å². The first-order valence-electron chi connectivity index (χ1n) is 6.89. The number of aliphatic hydroxyl groups is 1. The summed E-state index contributed by atoms with van der Waals surface area (Å²) in [5.41, 5.74) is 1.35. The van der Waals surface area contributed by atoms with Crippen molar-refractivity contribution in [2.75, 3.05) is 5.32 Å². The Morgan fingerprint density at radius 1 is 1.19 bits per heavy atom. The number of carbonyl (C=O) groups is 1. The van der Waals surface area contributed by atoms with Gasteiger partial charge >= 0.3 is 0 Å². The summed E-state index contributed by atoms with van der Waals surface area (Å²) in [4.78, 5) is 12.9. The Bertz CT molecular complexity index is 681. The van der Waals surface area contributed by atoms with E-state index in [2.05, 4.69) is 5.32 Å². The molecule has 0 fully saturated rings. The Hall–Kier alpha value is -1.84. The van der Waals surface area contributed by atoms with Crippen LogP contribution in [0.25, 0.3) is 0 Å². The van der Waals surface area contributed by atoms with Crippen LogP contribution in [-0.4, -0.2) is 17.0 Å². The Morgan fingerprint density at radius 2 is 1.86 bits per heavy atom. The molecule has 0 bridgehead atoms. The molecule has 21 heavy (non-hydrogen) atoms. The van der Waals surface area contributed by atoms with Crippen molar-refractivity contribution in [3.05, 3.63) is 64.7 Å². The van der Waals surface area contributed by atoms with E-state index in [4.69, 9.17) is 11.6 Å². The van der Waals surface area contributed by atoms with Gasteiger partial charge in [0.1, 0.15) is 5.54 Å². The average molecular weight is 302 g/mol. The molecule has 3 rings (SSSR count). The molecule has 0 radical (unpaired) electrons. The summed E-state index contributed by atoms with van der Waals surface area (Å²) in [7, 11) is 0. The zero-order valence-corrected chi connectivity index (χ0v) is 12.4. The molecule has 1 aliphatic heterocycles. The largest absolute Gasteiger partial charge is 0.393 e. The average Bonchev–Trinajstić information content (AvgIpc) is 2.73. The van der Waals surface area contributed by atoms with E-state index in [0.717, 1.165) is 11.3 Å². The summed E-state index contributed by atoms with van der Waals surface area (Å²) < 4.78 is 0. The van der Waals surface area contributed by atoms with Crippen LogP contribution < -0.4 is 5.32 Å². The molecular weight excluding hydrogens is 286 g/mol. The van der Waals surface area contributed by atoms with Crippen molar-refractivity contribution in [3.8, 4) is 0 Å². The van der Waals surface area contributed by atoms with Crippen LogP contribution in [0.3, 0.4) is 0 Å². The Balaban J connectivity index is 2.12. The number of para-hydroxylation sites is 1. The van der Waals surface area contributed by atoms with Gasteiger partial charge in [-0.3, -0.25) is 4.79 Å². The number of benzene rings is 2. The number of nitrogens with one attached hydrogen (secondary N) is 1. The standard InChI is InChI=1S/C17H16ClNO2/c1-11(20)10-17(12-6-8-13(18)9-7-12)16(21)14-4-2-3-5-15(14)19-17/h2-9,11,19-20H,10H2,1H3/t11-,17-/m0/s1. The fourth-order valence-corrected chi connectivity index (χ4v) is 3.08. The van der Waals surface area contributed by atoms with Crippen molar-refractivity contribution in [3.63, 3.8) is 0 Å². The lowest BCUT2D eigenvalue weighted by molar-refractivity contribution is 0.0842. The topological polar surface area (TPSA) is 49.3 Å². The first-order valence-corrected chi connectivity index (χ1v) is 7.27. The second-order valence-electron chi connectivity index (χ2n) is 5.47. The fraction of sp³-hybridized carbons (Fsp3) is 0.235. The molecule has 0 spiro atoms. The molecule has 0 saturated carbocycles. The van der Waals surface area contributed by atoms with E-state index >= 15 is 0 Å². The quantitative estimate of drug-likeness (QED) is 0.910. The zero-order chi connectivity index (χ0) is 15.0. The molecule has 0 saturated heterocycles. The predicted octanol–water partition coefficient (Wildman–Crippen LogP) is 3.61. The molecule has 108 valence electrons. The minimum atomic E-state index is -0.928. The van der Waals surface area contributed by atoms with E-state index in [-0.39, 0.29) is 5.78 Å². The van der Waals surface area contributed by atoms with Gasteiger partial charge in [0.2, 0.25) is 0 Å². The summed E-state index contributed by atoms with van der Waals surface area (Å²) in [6.45, 7) is 1.69. The van der Waals surface area contributed by atoms with E-state index in [1.165, 1.54) is 0 Å². The lowest BCUT2D eigenvalue weighted by Gasteiger charge is -2.30. The van der Waals surface area contributed by atoms with Crippen LogP contribution in [-0.2, 0) is 5.54 Å². The number of aliphatic hydroxyl groups excluding tert-OH is 1. The van der Waals surface area contributed by atoms with Crippen molar-refractivity contribution in [1.82, 2.24) is 0 Å². The molecule has 2 aromatic carbocycles. The molecule has 1 aliphatic rings. The van der Waals surface area contributed by atoms with Gasteiger partial charge in [-0.05, 0) is 36.8 Å². The molecule has 3 nitrogen and oxygen atoms in total. The minimum absolute atomic E-state index is 0.0127. The third kappa shape index (κ3) is 2.33. The second-order valence-corrected chi connectivity index (χ2v) is 5.90. The smallest absolute Gasteiger partial charge is 0.194 e. The van der Waals surface area contributed by atoms with E-state index in [9.17, 15) is 9.90 Å². The summed E-state index contributed by atoms with van der Waals surface area (Å²) in [5.74, 6) is -0.0127. The third-order valence-electron chi connectivity index (χ3n) is 3.85. The van der Waals surface area contributed by atoms with Crippen molar-refractivity contribution < 1.29 is 9.90 Å². The van der Waals surface area contributed by atoms with Gasteiger partial charge in [-0.15, -0.1) is 0 Å². The first-order chi connectivity index (χ1) is 10.0. The molecule has 2 atom stereocenters. The molecule has 0 amide bonds. The van der Waals surface area contributed by atoms with Gasteiger partial charge in [-0.2, -0.15) is 0 Å². The highest BCUT2D eigenvalue weighted by Gasteiger charge is 2.47. The SMILES string of the molecule is C[C@H](O)C[C@@]1(c2ccc(Cl)cc2)Nc2ccccc2C1=O. The predicted molar refractivity (Wildman–Crippen MR) is 83.8 cm³/mol. The molecule has 4 heteroatoms. The highest BCUT2D eigenvalue weighted by Crippen LogP contribution is 2.42. The van der Waals surface area contributed by atoms with Gasteiger partial charge in [0.25, 0.3) is 0 Å². The number of carbonyl (C=O) groups excluding carboxylic acids is 1. The number of ketones is 1. The van der Waals surface area contributed by atoms with Crippen LogP contribution >= 0.6 is 11.6 Å². The normalized spacial score (nSPS) is 21.8. The summed E-state index contributed by atoms with van der Waals surface area (Å²) in [6, 6.07) is 14.6. The van der Waals surface area contributed by atoms with Crippen molar-refractivity contribution in [2.24, 2.45) is 0 Å². The maximum atomic E-state index is 12.9. The van der Waals surface area contributed by atoms with Gasteiger partial charge < -0.3 is 10.4 Å². The fourth-order valence-electron chi connectivity index (χ4n) is 2.95. The van der Waals surface area contributed by atoms with Crippen molar-refractivity contribution in [1.29, 1.82) is 0 Å².